The summed E-state index contributed by atoms with van der Waals surface area (Å²) in [6.07, 6.45) is 4.06. The van der Waals surface area contributed by atoms with Gasteiger partial charge in [0.2, 0.25) is 0 Å². The predicted octanol–water partition coefficient (Wildman–Crippen LogP) is 2.07. The molecule has 1 aromatic rings. The van der Waals surface area contributed by atoms with E-state index in [1.54, 1.807) is 24.1 Å². The molecule has 0 spiro atoms. The number of benzene rings is 1. The van der Waals surface area contributed by atoms with Crippen LogP contribution in [0.4, 0.5) is 0 Å². The van der Waals surface area contributed by atoms with Crippen LogP contribution in [0.1, 0.15) is 36.0 Å². The fourth-order valence-electron chi connectivity index (χ4n) is 2.61. The number of para-hydroxylation sites is 1. The van der Waals surface area contributed by atoms with E-state index >= 15 is 0 Å². The molecule has 4 nitrogen and oxygen atoms in total. The molecule has 104 valence electrons. The van der Waals surface area contributed by atoms with Crippen molar-refractivity contribution in [3.63, 3.8) is 0 Å². The minimum absolute atomic E-state index is 0.0287. The van der Waals surface area contributed by atoms with Crippen LogP contribution < -0.4 is 4.74 Å². The second-order valence-electron chi connectivity index (χ2n) is 4.88. The van der Waals surface area contributed by atoms with E-state index in [4.69, 9.17) is 4.74 Å². The third kappa shape index (κ3) is 3.07. The second kappa shape index (κ2) is 6.57. The summed E-state index contributed by atoms with van der Waals surface area (Å²) >= 11 is 0. The third-order valence-electron chi connectivity index (χ3n) is 3.69. The van der Waals surface area contributed by atoms with E-state index in [2.05, 4.69) is 0 Å². The highest BCUT2D eigenvalue weighted by Gasteiger charge is 2.27. The van der Waals surface area contributed by atoms with Gasteiger partial charge in [-0.2, -0.15) is 0 Å². The van der Waals surface area contributed by atoms with Crippen LogP contribution in [0.3, 0.4) is 0 Å². The van der Waals surface area contributed by atoms with Crippen molar-refractivity contribution in [2.45, 2.75) is 31.7 Å². The van der Waals surface area contributed by atoms with Gasteiger partial charge in [-0.15, -0.1) is 0 Å². The fourth-order valence-corrected chi connectivity index (χ4v) is 2.61. The van der Waals surface area contributed by atoms with E-state index in [0.717, 1.165) is 25.7 Å². The standard InChI is InChI=1S/C15H21NO3/c1-19-14-9-5-4-8-13(14)15(18)16-10-6-2-3-7-12(16)11-17/h4-5,8-9,12,17H,2-3,6-7,10-11H2,1H3. The number of aliphatic hydroxyl groups excluding tert-OH is 1. The van der Waals surface area contributed by atoms with Gasteiger partial charge in [-0.05, 0) is 25.0 Å². The van der Waals surface area contributed by atoms with Crippen LogP contribution in [0, 0.1) is 0 Å². The molecule has 0 radical (unpaired) electrons. The molecule has 19 heavy (non-hydrogen) atoms. The SMILES string of the molecule is COc1ccccc1C(=O)N1CCCCCC1CO. The fraction of sp³-hybridized carbons (Fsp3) is 0.533. The first-order valence-electron chi connectivity index (χ1n) is 6.82. The smallest absolute Gasteiger partial charge is 0.257 e. The Labute approximate surface area is 114 Å². The lowest BCUT2D eigenvalue weighted by Crippen LogP contribution is -2.42. The summed E-state index contributed by atoms with van der Waals surface area (Å²) in [5.74, 6) is 0.548. The molecule has 1 aliphatic rings. The maximum absolute atomic E-state index is 12.6. The van der Waals surface area contributed by atoms with Crippen LogP contribution in [0.2, 0.25) is 0 Å². The Morgan fingerprint density at radius 3 is 2.89 bits per heavy atom. The monoisotopic (exact) mass is 263 g/mol. The van der Waals surface area contributed by atoms with Crippen molar-refractivity contribution in [3.8, 4) is 5.75 Å². The molecule has 1 unspecified atom stereocenters. The average molecular weight is 263 g/mol. The van der Waals surface area contributed by atoms with Gasteiger partial charge in [0.25, 0.3) is 5.91 Å². The van der Waals surface area contributed by atoms with Gasteiger partial charge in [0.15, 0.2) is 0 Å². The van der Waals surface area contributed by atoms with Crippen molar-refractivity contribution < 1.29 is 14.6 Å². The number of rotatable bonds is 3. The van der Waals surface area contributed by atoms with Crippen LogP contribution in [-0.4, -0.2) is 42.2 Å². The number of hydrogen-bond donors (Lipinski definition) is 1. The molecule has 4 heteroatoms. The zero-order valence-electron chi connectivity index (χ0n) is 11.3. The summed E-state index contributed by atoms with van der Waals surface area (Å²) in [6, 6.07) is 7.18. The summed E-state index contributed by atoms with van der Waals surface area (Å²) < 4.78 is 5.25. The molecule has 1 N–H and O–H groups in total. The number of ether oxygens (including phenoxy) is 1. The zero-order chi connectivity index (χ0) is 13.7. The highest BCUT2D eigenvalue weighted by molar-refractivity contribution is 5.97. The van der Waals surface area contributed by atoms with Crippen LogP contribution in [0.15, 0.2) is 24.3 Å². The first-order valence-corrected chi connectivity index (χ1v) is 6.82. The van der Waals surface area contributed by atoms with Gasteiger partial charge >= 0.3 is 0 Å². The van der Waals surface area contributed by atoms with Crippen molar-refractivity contribution in [1.82, 2.24) is 4.90 Å². The summed E-state index contributed by atoms with van der Waals surface area (Å²) in [5, 5.41) is 9.48. The molecule has 1 amide bonds. The van der Waals surface area contributed by atoms with E-state index < -0.39 is 0 Å². The normalized spacial score (nSPS) is 19.9. The molecule has 1 aliphatic heterocycles. The van der Waals surface area contributed by atoms with Crippen molar-refractivity contribution in [2.24, 2.45) is 0 Å². The number of likely N-dealkylation sites (tertiary alicyclic amines) is 1. The minimum Gasteiger partial charge on any atom is -0.496 e. The van der Waals surface area contributed by atoms with E-state index in [1.165, 1.54) is 0 Å². The predicted molar refractivity (Wildman–Crippen MR) is 73.4 cm³/mol. The maximum atomic E-state index is 12.6. The molecule has 0 aliphatic carbocycles. The van der Waals surface area contributed by atoms with Crippen molar-refractivity contribution in [2.75, 3.05) is 20.3 Å². The molecule has 1 atom stereocenters. The number of methoxy groups -OCH3 is 1. The van der Waals surface area contributed by atoms with Gasteiger partial charge in [-0.25, -0.2) is 0 Å². The van der Waals surface area contributed by atoms with Crippen molar-refractivity contribution >= 4 is 5.91 Å². The lowest BCUT2D eigenvalue weighted by Gasteiger charge is -2.29. The van der Waals surface area contributed by atoms with E-state index in [1.807, 2.05) is 12.1 Å². The quantitative estimate of drug-likeness (QED) is 0.908. The molecule has 2 rings (SSSR count). The number of aliphatic hydroxyl groups is 1. The number of carbonyl (C=O) groups excluding carboxylic acids is 1. The number of hydrogen-bond acceptors (Lipinski definition) is 3. The molecular weight excluding hydrogens is 242 g/mol. The molecule has 0 aromatic heterocycles. The van der Waals surface area contributed by atoms with Gasteiger partial charge in [0, 0.05) is 6.54 Å². The number of amides is 1. The molecule has 1 saturated heterocycles. The Kier molecular flexibility index (Phi) is 4.80. The Balaban J connectivity index is 2.25. The van der Waals surface area contributed by atoms with E-state index in [-0.39, 0.29) is 18.6 Å². The summed E-state index contributed by atoms with van der Waals surface area (Å²) in [7, 11) is 1.57. The molecule has 1 heterocycles. The number of nitrogens with zero attached hydrogens (tertiary/aromatic N) is 1. The van der Waals surface area contributed by atoms with Crippen molar-refractivity contribution in [1.29, 1.82) is 0 Å². The Morgan fingerprint density at radius 1 is 1.37 bits per heavy atom. The van der Waals surface area contributed by atoms with Crippen molar-refractivity contribution in [3.05, 3.63) is 29.8 Å². The van der Waals surface area contributed by atoms with Crippen LogP contribution in [0.25, 0.3) is 0 Å². The van der Waals surface area contributed by atoms with Gasteiger partial charge in [0.05, 0.1) is 25.3 Å². The maximum Gasteiger partial charge on any atom is 0.257 e. The lowest BCUT2D eigenvalue weighted by atomic mass is 10.1. The third-order valence-corrected chi connectivity index (χ3v) is 3.69. The van der Waals surface area contributed by atoms with Crippen LogP contribution in [0.5, 0.6) is 5.75 Å². The van der Waals surface area contributed by atoms with Crippen LogP contribution >= 0.6 is 0 Å². The zero-order valence-corrected chi connectivity index (χ0v) is 11.3. The Morgan fingerprint density at radius 2 is 2.16 bits per heavy atom. The first kappa shape index (κ1) is 13.9. The molecular formula is C15H21NO3. The second-order valence-corrected chi connectivity index (χ2v) is 4.88. The van der Waals surface area contributed by atoms with Gasteiger partial charge < -0.3 is 14.7 Å². The summed E-state index contributed by atoms with van der Waals surface area (Å²) in [5.41, 5.74) is 0.574. The van der Waals surface area contributed by atoms with Gasteiger partial charge in [0.1, 0.15) is 5.75 Å². The molecule has 1 aromatic carbocycles. The Hall–Kier alpha value is -1.55. The average Bonchev–Trinajstić information content (AvgIpc) is 2.71. The van der Waals surface area contributed by atoms with Crippen LogP contribution in [-0.2, 0) is 0 Å². The number of carbonyl (C=O) groups is 1. The lowest BCUT2D eigenvalue weighted by molar-refractivity contribution is 0.0596. The van der Waals surface area contributed by atoms with E-state index in [0.29, 0.717) is 17.9 Å². The first-order chi connectivity index (χ1) is 9.27. The van der Waals surface area contributed by atoms with Gasteiger partial charge in [-0.3, -0.25) is 4.79 Å². The minimum atomic E-state index is -0.0695. The van der Waals surface area contributed by atoms with Gasteiger partial charge in [-0.1, -0.05) is 25.0 Å². The Bertz CT molecular complexity index is 433. The molecule has 0 saturated carbocycles. The topological polar surface area (TPSA) is 49.8 Å². The molecule has 1 fully saturated rings. The molecule has 0 bridgehead atoms. The summed E-state index contributed by atoms with van der Waals surface area (Å²) in [6.45, 7) is 0.739. The summed E-state index contributed by atoms with van der Waals surface area (Å²) in [4.78, 5) is 14.4. The largest absolute Gasteiger partial charge is 0.496 e. The highest BCUT2D eigenvalue weighted by atomic mass is 16.5. The highest BCUT2D eigenvalue weighted by Crippen LogP contribution is 2.23. The van der Waals surface area contributed by atoms with E-state index in [9.17, 15) is 9.90 Å².